The van der Waals surface area contributed by atoms with Crippen LogP contribution >= 0.6 is 11.8 Å². The molecule has 11 heteroatoms. The molecule has 0 spiro atoms. The van der Waals surface area contributed by atoms with Gasteiger partial charge in [0, 0.05) is 24.4 Å². The monoisotopic (exact) mass is 619 g/mol. The Morgan fingerprint density at radius 1 is 1.05 bits per heavy atom. The van der Waals surface area contributed by atoms with Crippen LogP contribution in [0.2, 0.25) is 0 Å². The van der Waals surface area contributed by atoms with E-state index in [4.69, 9.17) is 23.9 Å². The summed E-state index contributed by atoms with van der Waals surface area (Å²) in [7, 11) is 3.15. The molecule has 44 heavy (non-hydrogen) atoms. The van der Waals surface area contributed by atoms with Gasteiger partial charge in [-0.15, -0.1) is 0 Å². The Kier molecular flexibility index (Phi) is 9.94. The van der Waals surface area contributed by atoms with Crippen LogP contribution in [0.5, 0.6) is 11.5 Å². The van der Waals surface area contributed by atoms with Crippen LogP contribution in [0, 0.1) is 5.92 Å². The molecule has 0 bridgehead atoms. The second-order valence-corrected chi connectivity index (χ2v) is 11.5. The highest BCUT2D eigenvalue weighted by atomic mass is 32.2. The zero-order valence-electron chi connectivity index (χ0n) is 25.4. The molecule has 0 saturated carbocycles. The van der Waals surface area contributed by atoms with E-state index in [0.29, 0.717) is 65.3 Å². The van der Waals surface area contributed by atoms with E-state index in [1.165, 1.54) is 11.8 Å². The minimum absolute atomic E-state index is 0.0652. The van der Waals surface area contributed by atoms with Gasteiger partial charge >= 0.3 is 11.9 Å². The molecule has 5 rings (SSSR count). The molecule has 3 aliphatic rings. The zero-order chi connectivity index (χ0) is 31.2. The van der Waals surface area contributed by atoms with E-state index < -0.39 is 12.0 Å². The molecular formula is C33H37N3O7S. The lowest BCUT2D eigenvalue weighted by Gasteiger charge is -2.37. The number of aliphatic imine (C=N–C) groups is 1. The van der Waals surface area contributed by atoms with Crippen LogP contribution in [0.3, 0.4) is 0 Å². The Labute approximate surface area is 261 Å². The maximum atomic E-state index is 13.8. The quantitative estimate of drug-likeness (QED) is 0.331. The molecule has 2 aromatic carbocycles. The highest BCUT2D eigenvalue weighted by Gasteiger charge is 2.43. The van der Waals surface area contributed by atoms with Crippen molar-refractivity contribution in [2.45, 2.75) is 45.8 Å². The number of amides is 1. The summed E-state index contributed by atoms with van der Waals surface area (Å²) in [5.41, 5.74) is 3.09. The fourth-order valence-electron chi connectivity index (χ4n) is 5.70. The van der Waals surface area contributed by atoms with Gasteiger partial charge in [-0.05, 0) is 55.9 Å². The van der Waals surface area contributed by atoms with E-state index in [1.807, 2.05) is 46.7 Å². The first-order valence-electron chi connectivity index (χ1n) is 14.7. The number of piperidine rings is 1. The van der Waals surface area contributed by atoms with Crippen LogP contribution < -0.4 is 9.47 Å². The lowest BCUT2D eigenvalue weighted by Crippen LogP contribution is -2.44. The standard InChI is InChI=1S/C33H37N3O7S/c1-5-42-31(38)23-12-9-15-35(18-23)28(37)16-24-20-44-33-34-21(2)29(32(39)43-19-22-10-7-6-8-11-22)30(36(24)33)26-17-25(40-3)13-14-27(26)41-4/h6-8,10-11,13-14,17,20,23,30H,5,9,12,15-16,18-19H2,1-4H3/t23-,30-/m1/s1. The minimum atomic E-state index is -0.696. The summed E-state index contributed by atoms with van der Waals surface area (Å²) < 4.78 is 22.4. The Bertz CT molecular complexity index is 1500. The summed E-state index contributed by atoms with van der Waals surface area (Å²) in [5.74, 6) is -0.0872. The van der Waals surface area contributed by atoms with Crippen LogP contribution in [0.1, 0.15) is 50.3 Å². The largest absolute Gasteiger partial charge is 0.497 e. The molecule has 0 radical (unpaired) electrons. The number of fused-ring (bicyclic) bond motifs is 1. The third-order valence-electron chi connectivity index (χ3n) is 7.89. The molecule has 2 aromatic rings. The first-order chi connectivity index (χ1) is 21.3. The van der Waals surface area contributed by atoms with Gasteiger partial charge < -0.3 is 28.7 Å². The predicted molar refractivity (Wildman–Crippen MR) is 167 cm³/mol. The number of esters is 2. The second kappa shape index (κ2) is 14.0. The number of hydrogen-bond acceptors (Lipinski definition) is 10. The molecule has 0 aromatic heterocycles. The van der Waals surface area contributed by atoms with Crippen LogP contribution in [0.4, 0.5) is 0 Å². The molecule has 1 fully saturated rings. The molecular weight excluding hydrogens is 582 g/mol. The van der Waals surface area contributed by atoms with Crippen molar-refractivity contribution in [3.05, 3.63) is 82.0 Å². The van der Waals surface area contributed by atoms with Gasteiger partial charge in [-0.25, -0.2) is 9.79 Å². The van der Waals surface area contributed by atoms with E-state index in [-0.39, 0.29) is 30.8 Å². The first-order valence-corrected chi connectivity index (χ1v) is 15.5. The number of carbonyl (C=O) groups is 3. The Morgan fingerprint density at radius 2 is 1.84 bits per heavy atom. The van der Waals surface area contributed by atoms with Crippen molar-refractivity contribution in [2.75, 3.05) is 33.9 Å². The van der Waals surface area contributed by atoms with Gasteiger partial charge in [0.05, 0.1) is 50.5 Å². The van der Waals surface area contributed by atoms with Crippen LogP contribution in [-0.4, -0.2) is 66.7 Å². The van der Waals surface area contributed by atoms with Gasteiger partial charge in [0.25, 0.3) is 0 Å². The maximum Gasteiger partial charge on any atom is 0.338 e. The summed E-state index contributed by atoms with van der Waals surface area (Å²) >= 11 is 1.40. The smallest absolute Gasteiger partial charge is 0.338 e. The summed E-state index contributed by atoms with van der Waals surface area (Å²) in [6.07, 6.45) is 1.48. The van der Waals surface area contributed by atoms with Gasteiger partial charge in [0.1, 0.15) is 18.1 Å². The number of benzene rings is 2. The van der Waals surface area contributed by atoms with Crippen molar-refractivity contribution < 1.29 is 33.3 Å². The van der Waals surface area contributed by atoms with Crippen LogP contribution in [0.15, 0.2) is 75.9 Å². The SMILES string of the molecule is CCOC(=O)[C@@H]1CCCN(C(=O)CC2=CSC3=NC(C)=C(C(=O)OCc4ccccc4)[C@@H](c4cc(OC)ccc4OC)N23)C1. The number of ether oxygens (including phenoxy) is 4. The number of nitrogens with zero attached hydrogens (tertiary/aromatic N) is 3. The highest BCUT2D eigenvalue weighted by Crippen LogP contribution is 2.48. The minimum Gasteiger partial charge on any atom is -0.497 e. The second-order valence-electron chi connectivity index (χ2n) is 10.7. The van der Waals surface area contributed by atoms with E-state index >= 15 is 0 Å². The predicted octanol–water partition coefficient (Wildman–Crippen LogP) is 5.21. The van der Waals surface area contributed by atoms with Crippen molar-refractivity contribution in [2.24, 2.45) is 10.9 Å². The first kappa shape index (κ1) is 31.2. The molecule has 0 N–H and O–H groups in total. The molecule has 1 amide bonds. The third-order valence-corrected chi connectivity index (χ3v) is 8.78. The third kappa shape index (κ3) is 6.62. The summed E-state index contributed by atoms with van der Waals surface area (Å²) in [6, 6.07) is 14.2. The van der Waals surface area contributed by atoms with Crippen molar-refractivity contribution in [3.63, 3.8) is 0 Å². The molecule has 3 aliphatic heterocycles. The number of amidine groups is 1. The van der Waals surface area contributed by atoms with Crippen LogP contribution in [-0.2, 0) is 30.5 Å². The summed E-state index contributed by atoms with van der Waals surface area (Å²) in [4.78, 5) is 48.3. The van der Waals surface area contributed by atoms with Gasteiger partial charge in [-0.1, -0.05) is 42.1 Å². The molecule has 3 heterocycles. The topological polar surface area (TPSA) is 107 Å². The van der Waals surface area contributed by atoms with Crippen molar-refractivity contribution in [1.29, 1.82) is 0 Å². The van der Waals surface area contributed by atoms with E-state index in [9.17, 15) is 14.4 Å². The number of allylic oxidation sites excluding steroid dienone is 1. The Hall–Kier alpha value is -4.25. The van der Waals surface area contributed by atoms with E-state index in [0.717, 1.165) is 12.0 Å². The molecule has 0 unspecified atom stereocenters. The number of rotatable bonds is 10. The van der Waals surface area contributed by atoms with Crippen molar-refractivity contribution >= 4 is 34.8 Å². The lowest BCUT2D eigenvalue weighted by molar-refractivity contribution is -0.151. The fraction of sp³-hybridized carbons (Fsp3) is 0.394. The molecule has 0 aliphatic carbocycles. The van der Waals surface area contributed by atoms with Crippen molar-refractivity contribution in [3.8, 4) is 11.5 Å². The van der Waals surface area contributed by atoms with Crippen LogP contribution in [0.25, 0.3) is 0 Å². The Morgan fingerprint density at radius 3 is 2.57 bits per heavy atom. The molecule has 10 nitrogen and oxygen atoms in total. The van der Waals surface area contributed by atoms with Gasteiger partial charge in [0.2, 0.25) is 5.91 Å². The number of hydrogen-bond donors (Lipinski definition) is 0. The highest BCUT2D eigenvalue weighted by molar-refractivity contribution is 8.16. The van der Waals surface area contributed by atoms with Gasteiger partial charge in [-0.2, -0.15) is 0 Å². The average Bonchev–Trinajstić information content (AvgIpc) is 3.44. The Balaban J connectivity index is 1.46. The normalized spacial score (nSPS) is 19.5. The molecule has 232 valence electrons. The van der Waals surface area contributed by atoms with E-state index in [2.05, 4.69) is 0 Å². The fourth-order valence-corrected chi connectivity index (χ4v) is 6.67. The molecule has 1 saturated heterocycles. The summed E-state index contributed by atoms with van der Waals surface area (Å²) in [5, 5.41) is 2.54. The number of likely N-dealkylation sites (tertiary alicyclic amines) is 1. The number of carbonyl (C=O) groups excluding carboxylic acids is 3. The number of methoxy groups -OCH3 is 2. The van der Waals surface area contributed by atoms with E-state index in [1.54, 1.807) is 45.1 Å². The lowest BCUT2D eigenvalue weighted by atomic mass is 9.92. The summed E-state index contributed by atoms with van der Waals surface area (Å²) in [6.45, 7) is 4.86. The maximum absolute atomic E-state index is 13.8. The van der Waals surface area contributed by atoms with Crippen molar-refractivity contribution in [1.82, 2.24) is 9.80 Å². The zero-order valence-corrected chi connectivity index (χ0v) is 26.2. The molecule has 2 atom stereocenters. The van der Waals surface area contributed by atoms with Gasteiger partial charge in [0.15, 0.2) is 5.17 Å². The van der Waals surface area contributed by atoms with Gasteiger partial charge in [-0.3, -0.25) is 9.59 Å². The number of thioether (sulfide) groups is 1. The average molecular weight is 620 g/mol.